The van der Waals surface area contributed by atoms with Crippen LogP contribution in [0.3, 0.4) is 0 Å². The van der Waals surface area contributed by atoms with Crippen LogP contribution >= 0.6 is 24.0 Å². The molecule has 39 heavy (non-hydrogen) atoms. The molecule has 0 spiro atoms. The van der Waals surface area contributed by atoms with Gasteiger partial charge in [0.25, 0.3) is 5.91 Å². The van der Waals surface area contributed by atoms with Crippen LogP contribution in [0.1, 0.15) is 47.5 Å². The zero-order valence-electron chi connectivity index (χ0n) is 22.0. The number of aliphatic hydroxyl groups is 1. The molecular formula is C29H33Cl2N3O4S. The van der Waals surface area contributed by atoms with Crippen LogP contribution in [0.4, 0.5) is 0 Å². The first kappa shape index (κ1) is 30.7. The maximum Gasteiger partial charge on any atom is 0.266 e. The first-order chi connectivity index (χ1) is 18.0. The van der Waals surface area contributed by atoms with E-state index in [2.05, 4.69) is 34.3 Å². The number of aromatic nitrogens is 1. The van der Waals surface area contributed by atoms with Gasteiger partial charge in [0.1, 0.15) is 0 Å². The minimum Gasteiger partial charge on any atom is -0.387 e. The Morgan fingerprint density at radius 1 is 1.03 bits per heavy atom. The Bertz CT molecular complexity index is 1550. The van der Waals surface area contributed by atoms with Crippen molar-refractivity contribution in [3.63, 3.8) is 0 Å². The Hall–Kier alpha value is -2.88. The molecule has 0 radical (unpaired) electrons. The molecular weight excluding hydrogens is 557 g/mol. The van der Waals surface area contributed by atoms with E-state index in [1.807, 2.05) is 48.7 Å². The summed E-state index contributed by atoms with van der Waals surface area (Å²) in [6.45, 7) is 5.20. The highest BCUT2D eigenvalue weighted by Gasteiger charge is 2.19. The number of aliphatic hydroxyl groups excluding tert-OH is 1. The fourth-order valence-electron chi connectivity index (χ4n) is 4.43. The molecule has 4 aromatic rings. The maximum atomic E-state index is 12.6. The highest BCUT2D eigenvalue weighted by Crippen LogP contribution is 2.30. The lowest BCUT2D eigenvalue weighted by Crippen LogP contribution is -2.29. The van der Waals surface area contributed by atoms with Gasteiger partial charge in [-0.05, 0) is 67.3 Å². The zero-order chi connectivity index (χ0) is 27.4. The Labute approximate surface area is 240 Å². The van der Waals surface area contributed by atoms with Crippen molar-refractivity contribution < 1.29 is 18.3 Å². The minimum absolute atomic E-state index is 0. The van der Waals surface area contributed by atoms with Crippen molar-refractivity contribution in [2.75, 3.05) is 19.3 Å². The number of fused-ring (bicyclic) bond motifs is 1. The molecule has 0 fully saturated rings. The first-order valence-electron chi connectivity index (χ1n) is 12.4. The molecule has 1 heterocycles. The summed E-state index contributed by atoms with van der Waals surface area (Å²) in [5, 5.41) is 14.9. The predicted octanol–water partition coefficient (Wildman–Crippen LogP) is 5.52. The van der Waals surface area contributed by atoms with Crippen LogP contribution in [0.15, 0.2) is 72.9 Å². The Morgan fingerprint density at radius 3 is 2.36 bits per heavy atom. The van der Waals surface area contributed by atoms with Crippen molar-refractivity contribution in [1.29, 1.82) is 0 Å². The second-order valence-electron chi connectivity index (χ2n) is 9.70. The lowest BCUT2D eigenvalue weighted by atomic mass is 10.0. The summed E-state index contributed by atoms with van der Waals surface area (Å²) in [6.07, 6.45) is 2.87. The number of nitrogens with zero attached hydrogens (tertiary/aromatic N) is 1. The standard InChI is InChI=1S/C29H32ClN3O4S.ClH/c1-19(2)33-18-26(29(35)32-38(3,36)37)25-12-11-22(16-27(25)33)21-9-7-20(8-10-21)13-14-31-17-28(34)23-5-4-6-24(30)15-23;/h4-12,15-16,18-19,28,31,34H,13-14,17H2,1-3H3,(H,32,35);1H/t28-;/m1./s1. The predicted molar refractivity (Wildman–Crippen MR) is 160 cm³/mol. The van der Waals surface area contributed by atoms with E-state index in [0.29, 0.717) is 22.5 Å². The molecule has 0 aliphatic rings. The van der Waals surface area contributed by atoms with Crippen LogP contribution in [0.25, 0.3) is 22.0 Å². The molecule has 208 valence electrons. The maximum absolute atomic E-state index is 12.6. The van der Waals surface area contributed by atoms with E-state index >= 15 is 0 Å². The van der Waals surface area contributed by atoms with Gasteiger partial charge in [0.05, 0.1) is 17.9 Å². The largest absolute Gasteiger partial charge is 0.387 e. The number of hydrogen-bond acceptors (Lipinski definition) is 5. The number of rotatable bonds is 10. The average Bonchev–Trinajstić information content (AvgIpc) is 3.25. The summed E-state index contributed by atoms with van der Waals surface area (Å²) in [4.78, 5) is 12.6. The van der Waals surface area contributed by atoms with Gasteiger partial charge in [0.15, 0.2) is 0 Å². The fourth-order valence-corrected chi connectivity index (χ4v) is 5.07. The lowest BCUT2D eigenvalue weighted by molar-refractivity contribution is 0.0983. The minimum atomic E-state index is -3.66. The molecule has 0 unspecified atom stereocenters. The van der Waals surface area contributed by atoms with Gasteiger partial charge in [-0.15, -0.1) is 12.4 Å². The third kappa shape index (κ3) is 7.84. The van der Waals surface area contributed by atoms with Gasteiger partial charge in [-0.3, -0.25) is 4.79 Å². The van der Waals surface area contributed by atoms with E-state index in [1.54, 1.807) is 18.3 Å². The van der Waals surface area contributed by atoms with Crippen molar-refractivity contribution in [3.05, 3.63) is 94.6 Å². The van der Waals surface area contributed by atoms with Crippen LogP contribution in [-0.2, 0) is 16.4 Å². The van der Waals surface area contributed by atoms with Crippen molar-refractivity contribution in [2.45, 2.75) is 32.4 Å². The van der Waals surface area contributed by atoms with E-state index < -0.39 is 22.0 Å². The van der Waals surface area contributed by atoms with E-state index in [4.69, 9.17) is 11.6 Å². The SMILES string of the molecule is CC(C)n1cc(C(=O)NS(C)(=O)=O)c2ccc(-c3ccc(CCNC[C@@H](O)c4cccc(Cl)c4)cc3)cc21.Cl. The number of nitrogens with one attached hydrogen (secondary N) is 2. The van der Waals surface area contributed by atoms with Gasteiger partial charge in [0.2, 0.25) is 10.0 Å². The second-order valence-corrected chi connectivity index (χ2v) is 11.9. The molecule has 4 rings (SSSR count). The summed E-state index contributed by atoms with van der Waals surface area (Å²) in [5.41, 5.74) is 5.19. The van der Waals surface area contributed by atoms with Crippen LogP contribution in [0, 0.1) is 0 Å². The van der Waals surface area contributed by atoms with Crippen molar-refractivity contribution in [2.24, 2.45) is 0 Å². The Kier molecular flexibility index (Phi) is 10.2. The smallest absolute Gasteiger partial charge is 0.266 e. The van der Waals surface area contributed by atoms with Gasteiger partial charge in [-0.1, -0.05) is 60.1 Å². The third-order valence-electron chi connectivity index (χ3n) is 6.36. The number of carbonyl (C=O) groups is 1. The fraction of sp³-hybridized carbons (Fsp3) is 0.276. The number of amides is 1. The quantitative estimate of drug-likeness (QED) is 0.211. The van der Waals surface area contributed by atoms with Gasteiger partial charge in [0, 0.05) is 34.7 Å². The topological polar surface area (TPSA) is 100 Å². The van der Waals surface area contributed by atoms with Crippen LogP contribution in [-0.4, -0.2) is 43.3 Å². The molecule has 0 saturated heterocycles. The summed E-state index contributed by atoms with van der Waals surface area (Å²) in [6, 6.07) is 21.5. The Balaban J connectivity index is 0.00000420. The van der Waals surface area contributed by atoms with Crippen LogP contribution < -0.4 is 10.0 Å². The molecule has 7 nitrogen and oxygen atoms in total. The molecule has 1 aromatic heterocycles. The van der Waals surface area contributed by atoms with Gasteiger partial charge < -0.3 is 15.0 Å². The molecule has 3 N–H and O–H groups in total. The molecule has 1 atom stereocenters. The van der Waals surface area contributed by atoms with Gasteiger partial charge >= 0.3 is 0 Å². The molecule has 10 heteroatoms. The van der Waals surface area contributed by atoms with E-state index in [9.17, 15) is 18.3 Å². The molecule has 0 bridgehead atoms. The van der Waals surface area contributed by atoms with Gasteiger partial charge in [-0.25, -0.2) is 13.1 Å². The first-order valence-corrected chi connectivity index (χ1v) is 14.7. The summed E-state index contributed by atoms with van der Waals surface area (Å²) >= 11 is 6.00. The highest BCUT2D eigenvalue weighted by atomic mass is 35.5. The van der Waals surface area contributed by atoms with Gasteiger partial charge in [-0.2, -0.15) is 0 Å². The van der Waals surface area contributed by atoms with Crippen LogP contribution in [0.2, 0.25) is 5.02 Å². The van der Waals surface area contributed by atoms with E-state index in [0.717, 1.165) is 41.4 Å². The lowest BCUT2D eigenvalue weighted by Gasteiger charge is -2.13. The molecule has 0 aliphatic heterocycles. The van der Waals surface area contributed by atoms with Crippen molar-refractivity contribution in [1.82, 2.24) is 14.6 Å². The zero-order valence-corrected chi connectivity index (χ0v) is 24.4. The Morgan fingerprint density at radius 2 is 1.72 bits per heavy atom. The molecule has 0 aliphatic carbocycles. The summed E-state index contributed by atoms with van der Waals surface area (Å²) in [7, 11) is -3.66. The molecule has 3 aromatic carbocycles. The number of sulfonamides is 1. The third-order valence-corrected chi connectivity index (χ3v) is 7.15. The molecule has 0 saturated carbocycles. The van der Waals surface area contributed by atoms with Crippen molar-refractivity contribution in [3.8, 4) is 11.1 Å². The van der Waals surface area contributed by atoms with Crippen LogP contribution in [0.5, 0.6) is 0 Å². The summed E-state index contributed by atoms with van der Waals surface area (Å²) in [5.74, 6) is -0.636. The number of carbonyl (C=O) groups excluding carboxylic acids is 1. The average molecular weight is 591 g/mol. The highest BCUT2D eigenvalue weighted by molar-refractivity contribution is 7.89. The number of halogens is 2. The summed E-state index contributed by atoms with van der Waals surface area (Å²) < 4.78 is 27.2. The monoisotopic (exact) mass is 589 g/mol. The second kappa shape index (κ2) is 13.0. The number of hydrogen-bond donors (Lipinski definition) is 3. The van der Waals surface area contributed by atoms with Crippen molar-refractivity contribution >= 4 is 50.8 Å². The normalized spacial score (nSPS) is 12.4. The van der Waals surface area contributed by atoms with E-state index in [-0.39, 0.29) is 18.4 Å². The van der Waals surface area contributed by atoms with E-state index in [1.165, 1.54) is 5.56 Å². The number of benzene rings is 3. The molecule has 1 amide bonds.